The first kappa shape index (κ1) is 7.80. The van der Waals surface area contributed by atoms with Gasteiger partial charge in [0.1, 0.15) is 5.76 Å². The Labute approximate surface area is 70.8 Å². The maximum atomic E-state index is 14.0. The van der Waals surface area contributed by atoms with Crippen LogP contribution in [0.1, 0.15) is 18.6 Å². The normalized spacial score (nSPS) is 30.4. The van der Waals surface area contributed by atoms with Gasteiger partial charge in [0.25, 0.3) is 0 Å². The molecular weight excluding hydrogens is 157 g/mol. The number of furan rings is 1. The Kier molecular flexibility index (Phi) is 1.89. The van der Waals surface area contributed by atoms with Crippen molar-refractivity contribution in [2.45, 2.75) is 18.5 Å². The van der Waals surface area contributed by atoms with Crippen molar-refractivity contribution in [1.29, 1.82) is 0 Å². The molecular formula is C9H12FNO. The van der Waals surface area contributed by atoms with Crippen LogP contribution in [0.2, 0.25) is 0 Å². The number of piperidine rings is 1. The van der Waals surface area contributed by atoms with E-state index in [1.165, 1.54) is 6.26 Å². The maximum Gasteiger partial charge on any atom is 0.180 e. The third-order valence-electron chi connectivity index (χ3n) is 2.29. The van der Waals surface area contributed by atoms with Crippen LogP contribution in [-0.4, -0.2) is 13.1 Å². The van der Waals surface area contributed by atoms with Crippen LogP contribution in [0.15, 0.2) is 22.8 Å². The van der Waals surface area contributed by atoms with Crippen molar-refractivity contribution < 1.29 is 8.81 Å². The van der Waals surface area contributed by atoms with Crippen LogP contribution in [0.4, 0.5) is 4.39 Å². The average Bonchev–Trinajstić information content (AvgIpc) is 2.58. The van der Waals surface area contributed by atoms with Crippen LogP contribution in [0.5, 0.6) is 0 Å². The van der Waals surface area contributed by atoms with E-state index in [0.717, 1.165) is 13.0 Å². The van der Waals surface area contributed by atoms with Crippen LogP contribution in [0.25, 0.3) is 0 Å². The zero-order chi connectivity index (χ0) is 8.44. The highest BCUT2D eigenvalue weighted by Gasteiger charge is 2.36. The molecule has 1 aliphatic heterocycles. The van der Waals surface area contributed by atoms with Crippen LogP contribution in [0, 0.1) is 0 Å². The lowest BCUT2D eigenvalue weighted by Crippen LogP contribution is -2.39. The molecule has 66 valence electrons. The number of hydrogen-bond acceptors (Lipinski definition) is 2. The Hall–Kier alpha value is -0.830. The third kappa shape index (κ3) is 1.25. The third-order valence-corrected chi connectivity index (χ3v) is 2.29. The van der Waals surface area contributed by atoms with Gasteiger partial charge in [0.05, 0.1) is 6.26 Å². The van der Waals surface area contributed by atoms with Crippen molar-refractivity contribution in [2.75, 3.05) is 13.1 Å². The van der Waals surface area contributed by atoms with Crippen LogP contribution < -0.4 is 5.32 Å². The molecule has 0 bridgehead atoms. The Morgan fingerprint density at radius 2 is 2.50 bits per heavy atom. The van der Waals surface area contributed by atoms with Crippen LogP contribution in [0.3, 0.4) is 0 Å². The van der Waals surface area contributed by atoms with Crippen molar-refractivity contribution >= 4 is 0 Å². The van der Waals surface area contributed by atoms with Gasteiger partial charge in [-0.1, -0.05) is 0 Å². The second-order valence-corrected chi connectivity index (χ2v) is 3.22. The predicted molar refractivity (Wildman–Crippen MR) is 43.6 cm³/mol. The Balaban J connectivity index is 2.19. The zero-order valence-corrected chi connectivity index (χ0v) is 6.85. The smallest absolute Gasteiger partial charge is 0.180 e. The SMILES string of the molecule is FC1(c2ccco2)CCCNC1. The minimum Gasteiger partial charge on any atom is -0.466 e. The molecule has 2 nitrogen and oxygen atoms in total. The molecule has 0 aromatic carbocycles. The second kappa shape index (κ2) is 2.90. The topological polar surface area (TPSA) is 25.2 Å². The molecule has 0 radical (unpaired) electrons. The lowest BCUT2D eigenvalue weighted by Gasteiger charge is -2.27. The number of halogens is 1. The second-order valence-electron chi connectivity index (χ2n) is 3.22. The first-order chi connectivity index (χ1) is 5.81. The molecule has 0 amide bonds. The molecule has 1 fully saturated rings. The first-order valence-corrected chi connectivity index (χ1v) is 4.25. The summed E-state index contributed by atoms with van der Waals surface area (Å²) in [5, 5.41) is 3.03. The van der Waals surface area contributed by atoms with E-state index in [4.69, 9.17) is 4.42 Å². The van der Waals surface area contributed by atoms with Gasteiger partial charge in [-0.05, 0) is 31.5 Å². The summed E-state index contributed by atoms with van der Waals surface area (Å²) in [5.74, 6) is 0.453. The van der Waals surface area contributed by atoms with E-state index >= 15 is 0 Å². The van der Waals surface area contributed by atoms with E-state index in [0.29, 0.717) is 18.7 Å². The highest BCUT2D eigenvalue weighted by molar-refractivity contribution is 5.11. The number of nitrogens with one attached hydrogen (secondary N) is 1. The molecule has 2 heterocycles. The van der Waals surface area contributed by atoms with E-state index in [1.807, 2.05) is 0 Å². The molecule has 2 rings (SSSR count). The summed E-state index contributed by atoms with van der Waals surface area (Å²) in [4.78, 5) is 0. The summed E-state index contributed by atoms with van der Waals surface area (Å²) in [6.07, 6.45) is 2.95. The average molecular weight is 169 g/mol. The summed E-state index contributed by atoms with van der Waals surface area (Å²) in [7, 11) is 0. The summed E-state index contributed by atoms with van der Waals surface area (Å²) >= 11 is 0. The molecule has 1 N–H and O–H groups in total. The maximum absolute atomic E-state index is 14.0. The number of rotatable bonds is 1. The van der Waals surface area contributed by atoms with Gasteiger partial charge in [-0.2, -0.15) is 0 Å². The first-order valence-electron chi connectivity index (χ1n) is 4.25. The molecule has 1 unspecified atom stereocenters. The monoisotopic (exact) mass is 169 g/mol. The van der Waals surface area contributed by atoms with E-state index in [1.54, 1.807) is 12.1 Å². The fourth-order valence-electron chi connectivity index (χ4n) is 1.61. The van der Waals surface area contributed by atoms with Gasteiger partial charge in [-0.15, -0.1) is 0 Å². The fraction of sp³-hybridized carbons (Fsp3) is 0.556. The Morgan fingerprint density at radius 3 is 3.08 bits per heavy atom. The van der Waals surface area contributed by atoms with Crippen molar-refractivity contribution in [3.63, 3.8) is 0 Å². The molecule has 1 aromatic heterocycles. The quantitative estimate of drug-likeness (QED) is 0.693. The van der Waals surface area contributed by atoms with Gasteiger partial charge in [-0.3, -0.25) is 0 Å². The lowest BCUT2D eigenvalue weighted by molar-refractivity contribution is 0.0932. The minimum absolute atomic E-state index is 0.376. The van der Waals surface area contributed by atoms with Crippen molar-refractivity contribution in [2.24, 2.45) is 0 Å². The highest BCUT2D eigenvalue weighted by Crippen LogP contribution is 2.32. The van der Waals surface area contributed by atoms with Gasteiger partial charge in [-0.25, -0.2) is 4.39 Å². The van der Waals surface area contributed by atoms with Gasteiger partial charge in [0.2, 0.25) is 0 Å². The van der Waals surface area contributed by atoms with Crippen molar-refractivity contribution in [3.05, 3.63) is 24.2 Å². The summed E-state index contributed by atoms with van der Waals surface area (Å²) < 4.78 is 19.0. The van der Waals surface area contributed by atoms with Gasteiger partial charge in [0.15, 0.2) is 5.67 Å². The standard InChI is InChI=1S/C9H12FNO/c10-9(4-2-5-11-7-9)8-3-1-6-12-8/h1,3,6,11H,2,4-5,7H2. The largest absolute Gasteiger partial charge is 0.466 e. The van der Waals surface area contributed by atoms with Crippen molar-refractivity contribution in [3.8, 4) is 0 Å². The summed E-state index contributed by atoms with van der Waals surface area (Å²) in [6, 6.07) is 3.43. The van der Waals surface area contributed by atoms with E-state index in [-0.39, 0.29) is 0 Å². The molecule has 1 aromatic rings. The molecule has 0 saturated carbocycles. The summed E-state index contributed by atoms with van der Waals surface area (Å²) in [6.45, 7) is 1.28. The fourth-order valence-corrected chi connectivity index (χ4v) is 1.61. The molecule has 1 aliphatic rings. The molecule has 1 saturated heterocycles. The van der Waals surface area contributed by atoms with Gasteiger partial charge >= 0.3 is 0 Å². The van der Waals surface area contributed by atoms with Crippen molar-refractivity contribution in [1.82, 2.24) is 5.32 Å². The minimum atomic E-state index is -1.28. The van der Waals surface area contributed by atoms with Gasteiger partial charge in [0, 0.05) is 6.54 Å². The number of hydrogen-bond donors (Lipinski definition) is 1. The lowest BCUT2D eigenvalue weighted by atomic mass is 9.94. The molecule has 3 heteroatoms. The van der Waals surface area contributed by atoms with Crippen LogP contribution in [-0.2, 0) is 5.67 Å². The summed E-state index contributed by atoms with van der Waals surface area (Å²) in [5.41, 5.74) is -1.28. The van der Waals surface area contributed by atoms with E-state index in [2.05, 4.69) is 5.32 Å². The van der Waals surface area contributed by atoms with Crippen LogP contribution >= 0.6 is 0 Å². The Morgan fingerprint density at radius 1 is 1.58 bits per heavy atom. The molecule has 0 spiro atoms. The number of alkyl halides is 1. The van der Waals surface area contributed by atoms with E-state index in [9.17, 15) is 4.39 Å². The van der Waals surface area contributed by atoms with Gasteiger partial charge < -0.3 is 9.73 Å². The predicted octanol–water partition coefficient (Wildman–Crippen LogP) is 1.83. The van der Waals surface area contributed by atoms with E-state index < -0.39 is 5.67 Å². The zero-order valence-electron chi connectivity index (χ0n) is 6.85. The highest BCUT2D eigenvalue weighted by atomic mass is 19.1. The molecule has 1 atom stereocenters. The molecule has 12 heavy (non-hydrogen) atoms. The Bertz CT molecular complexity index is 239. The molecule has 0 aliphatic carbocycles.